The molecule has 0 fully saturated rings. The summed E-state index contributed by atoms with van der Waals surface area (Å²) in [5, 5.41) is 11.3. The lowest BCUT2D eigenvalue weighted by atomic mass is 10.1. The molecule has 2 N–H and O–H groups in total. The van der Waals surface area contributed by atoms with Crippen molar-refractivity contribution in [2.24, 2.45) is 0 Å². The van der Waals surface area contributed by atoms with Crippen LogP contribution in [0.4, 0.5) is 5.69 Å². The van der Waals surface area contributed by atoms with Crippen molar-refractivity contribution in [3.63, 3.8) is 0 Å². The second kappa shape index (κ2) is 6.28. The van der Waals surface area contributed by atoms with Gasteiger partial charge in [-0.1, -0.05) is 6.07 Å². The number of carboxylic acids is 1. The standard InChI is InChI=1S/C15H12ClNO4/c1-9-2-4-11(8-10(9)3-5-13(18)19)17-15(20)12-6-7-21-14(12)16/h2-8H,1H3,(H,17,20)(H,18,19)/b5-3+. The van der Waals surface area contributed by atoms with Crippen molar-refractivity contribution in [3.05, 3.63) is 58.5 Å². The Hall–Kier alpha value is -2.53. The monoisotopic (exact) mass is 305 g/mol. The minimum Gasteiger partial charge on any atom is -0.478 e. The maximum atomic E-state index is 12.0. The van der Waals surface area contributed by atoms with Gasteiger partial charge < -0.3 is 14.8 Å². The van der Waals surface area contributed by atoms with Gasteiger partial charge in [0.25, 0.3) is 5.91 Å². The molecule has 0 saturated heterocycles. The lowest BCUT2D eigenvalue weighted by molar-refractivity contribution is -0.131. The zero-order valence-electron chi connectivity index (χ0n) is 11.1. The van der Waals surface area contributed by atoms with Gasteiger partial charge in [0.1, 0.15) is 0 Å². The van der Waals surface area contributed by atoms with Crippen LogP contribution < -0.4 is 5.32 Å². The normalized spacial score (nSPS) is 10.8. The predicted molar refractivity (Wildman–Crippen MR) is 79.5 cm³/mol. The maximum absolute atomic E-state index is 12.0. The summed E-state index contributed by atoms with van der Waals surface area (Å²) in [6.45, 7) is 1.85. The van der Waals surface area contributed by atoms with Gasteiger partial charge in [-0.15, -0.1) is 0 Å². The summed E-state index contributed by atoms with van der Waals surface area (Å²) in [7, 11) is 0. The molecule has 108 valence electrons. The third-order valence-electron chi connectivity index (χ3n) is 2.81. The molecule has 5 nitrogen and oxygen atoms in total. The number of carbonyl (C=O) groups is 2. The number of hydrogen-bond donors (Lipinski definition) is 2. The molecular weight excluding hydrogens is 294 g/mol. The van der Waals surface area contributed by atoms with Gasteiger partial charge in [0, 0.05) is 11.8 Å². The molecule has 1 amide bonds. The minimum atomic E-state index is -1.03. The molecule has 0 unspecified atom stereocenters. The zero-order chi connectivity index (χ0) is 15.4. The van der Waals surface area contributed by atoms with Crippen molar-refractivity contribution in [1.82, 2.24) is 0 Å². The van der Waals surface area contributed by atoms with E-state index in [0.717, 1.165) is 11.6 Å². The second-order valence-electron chi connectivity index (χ2n) is 4.31. The number of carboxylic acid groups (broad SMARTS) is 1. The summed E-state index contributed by atoms with van der Waals surface area (Å²) in [6, 6.07) is 6.66. The Morgan fingerprint density at radius 1 is 1.33 bits per heavy atom. The maximum Gasteiger partial charge on any atom is 0.328 e. The number of anilines is 1. The van der Waals surface area contributed by atoms with E-state index in [4.69, 9.17) is 21.1 Å². The average Bonchev–Trinajstić information content (AvgIpc) is 2.85. The zero-order valence-corrected chi connectivity index (χ0v) is 11.8. The highest BCUT2D eigenvalue weighted by Crippen LogP contribution is 2.21. The summed E-state index contributed by atoms with van der Waals surface area (Å²) >= 11 is 5.74. The highest BCUT2D eigenvalue weighted by molar-refractivity contribution is 6.32. The Kier molecular flexibility index (Phi) is 4.45. The lowest BCUT2D eigenvalue weighted by Crippen LogP contribution is -2.11. The highest BCUT2D eigenvalue weighted by Gasteiger charge is 2.13. The Balaban J connectivity index is 2.21. The average molecular weight is 306 g/mol. The molecule has 21 heavy (non-hydrogen) atoms. The van der Waals surface area contributed by atoms with Gasteiger partial charge in [-0.3, -0.25) is 4.79 Å². The van der Waals surface area contributed by atoms with E-state index in [-0.39, 0.29) is 10.8 Å². The van der Waals surface area contributed by atoms with Gasteiger partial charge in [0.05, 0.1) is 11.8 Å². The smallest absolute Gasteiger partial charge is 0.328 e. The summed E-state index contributed by atoms with van der Waals surface area (Å²) in [4.78, 5) is 22.5. The largest absolute Gasteiger partial charge is 0.478 e. The van der Waals surface area contributed by atoms with Crippen LogP contribution in [0.3, 0.4) is 0 Å². The molecule has 0 spiro atoms. The lowest BCUT2D eigenvalue weighted by Gasteiger charge is -2.07. The fourth-order valence-electron chi connectivity index (χ4n) is 1.71. The van der Waals surface area contributed by atoms with E-state index in [9.17, 15) is 9.59 Å². The molecule has 0 saturated carbocycles. The number of carbonyl (C=O) groups excluding carboxylic acids is 1. The number of benzene rings is 1. The number of halogens is 1. The Labute approximate surface area is 125 Å². The van der Waals surface area contributed by atoms with E-state index in [1.165, 1.54) is 18.4 Å². The number of nitrogens with one attached hydrogen (secondary N) is 1. The SMILES string of the molecule is Cc1ccc(NC(=O)c2ccoc2Cl)cc1/C=C/C(=O)O. The number of hydrogen-bond acceptors (Lipinski definition) is 3. The van der Waals surface area contributed by atoms with Crippen molar-refractivity contribution in [2.75, 3.05) is 5.32 Å². The van der Waals surface area contributed by atoms with E-state index in [0.29, 0.717) is 11.3 Å². The van der Waals surface area contributed by atoms with Crippen molar-refractivity contribution < 1.29 is 19.1 Å². The Morgan fingerprint density at radius 2 is 2.10 bits per heavy atom. The molecule has 0 aliphatic rings. The van der Waals surface area contributed by atoms with Crippen molar-refractivity contribution in [2.45, 2.75) is 6.92 Å². The molecule has 0 aliphatic heterocycles. The van der Waals surface area contributed by atoms with E-state index < -0.39 is 11.9 Å². The van der Waals surface area contributed by atoms with E-state index in [2.05, 4.69) is 5.32 Å². The number of aliphatic carboxylic acids is 1. The van der Waals surface area contributed by atoms with Crippen LogP contribution in [0.2, 0.25) is 5.22 Å². The van der Waals surface area contributed by atoms with Crippen LogP contribution >= 0.6 is 11.6 Å². The van der Waals surface area contributed by atoms with Crippen LogP contribution in [0.25, 0.3) is 6.08 Å². The highest BCUT2D eigenvalue weighted by atomic mass is 35.5. The first-order valence-electron chi connectivity index (χ1n) is 6.03. The summed E-state index contributed by atoms with van der Waals surface area (Å²) in [5.74, 6) is -1.43. The molecule has 2 rings (SSSR count). The third kappa shape index (κ3) is 3.73. The van der Waals surface area contributed by atoms with E-state index in [1.54, 1.807) is 18.2 Å². The molecule has 0 radical (unpaired) electrons. The second-order valence-corrected chi connectivity index (χ2v) is 4.65. The summed E-state index contributed by atoms with van der Waals surface area (Å²) in [5.41, 5.74) is 2.37. The third-order valence-corrected chi connectivity index (χ3v) is 3.10. The van der Waals surface area contributed by atoms with E-state index >= 15 is 0 Å². The van der Waals surface area contributed by atoms with Gasteiger partial charge in [-0.05, 0) is 53.9 Å². The summed E-state index contributed by atoms with van der Waals surface area (Å²) < 4.78 is 4.86. The van der Waals surface area contributed by atoms with Gasteiger partial charge in [0.15, 0.2) is 0 Å². The van der Waals surface area contributed by atoms with Gasteiger partial charge in [0.2, 0.25) is 5.22 Å². The van der Waals surface area contributed by atoms with Crippen LogP contribution in [-0.4, -0.2) is 17.0 Å². The molecule has 1 aromatic heterocycles. The fourth-order valence-corrected chi connectivity index (χ4v) is 1.91. The van der Waals surface area contributed by atoms with Gasteiger partial charge in [-0.25, -0.2) is 4.79 Å². The van der Waals surface area contributed by atoms with Crippen molar-refractivity contribution in [1.29, 1.82) is 0 Å². The number of furan rings is 1. The van der Waals surface area contributed by atoms with Gasteiger partial charge in [-0.2, -0.15) is 0 Å². The summed E-state index contributed by atoms with van der Waals surface area (Å²) in [6.07, 6.45) is 3.84. The quantitative estimate of drug-likeness (QED) is 0.846. The molecule has 2 aromatic rings. The first-order chi connectivity index (χ1) is 9.97. The molecule has 1 heterocycles. The first-order valence-corrected chi connectivity index (χ1v) is 6.41. The molecule has 0 atom stereocenters. The van der Waals surface area contributed by atoms with E-state index in [1.807, 2.05) is 6.92 Å². The first kappa shape index (κ1) is 14.9. The minimum absolute atomic E-state index is 0.0191. The molecule has 0 bridgehead atoms. The fraction of sp³-hybridized carbons (Fsp3) is 0.0667. The number of aryl methyl sites for hydroxylation is 1. The molecular formula is C15H12ClNO4. The molecule has 0 aliphatic carbocycles. The Bertz CT molecular complexity index is 718. The van der Waals surface area contributed by atoms with Crippen LogP contribution in [0, 0.1) is 6.92 Å². The number of amides is 1. The Morgan fingerprint density at radius 3 is 2.71 bits per heavy atom. The molecule has 1 aromatic carbocycles. The van der Waals surface area contributed by atoms with Crippen LogP contribution in [0.1, 0.15) is 21.5 Å². The van der Waals surface area contributed by atoms with Crippen LogP contribution in [0.5, 0.6) is 0 Å². The van der Waals surface area contributed by atoms with Crippen molar-refractivity contribution >= 4 is 35.2 Å². The topological polar surface area (TPSA) is 79.5 Å². The van der Waals surface area contributed by atoms with Crippen LogP contribution in [0.15, 0.2) is 41.0 Å². The molecule has 6 heteroatoms. The predicted octanol–water partition coefficient (Wildman–Crippen LogP) is 3.59. The van der Waals surface area contributed by atoms with Crippen LogP contribution in [-0.2, 0) is 4.79 Å². The van der Waals surface area contributed by atoms with Gasteiger partial charge >= 0.3 is 5.97 Å². The van der Waals surface area contributed by atoms with Crippen molar-refractivity contribution in [3.8, 4) is 0 Å². The number of rotatable bonds is 4.